The molecule has 3 nitrogen and oxygen atoms in total. The summed E-state index contributed by atoms with van der Waals surface area (Å²) in [6.07, 6.45) is 10.3. The van der Waals surface area contributed by atoms with Crippen LogP contribution in [0.5, 0.6) is 0 Å². The lowest BCUT2D eigenvalue weighted by atomic mass is 10.2. The number of rotatable bonds is 4. The molecule has 0 fully saturated rings. The quantitative estimate of drug-likeness (QED) is 0.566. The maximum absolute atomic E-state index is 11.7. The molecule has 0 rings (SSSR count). The molecule has 0 N–H and O–H groups in total. The second-order valence-corrected chi connectivity index (χ2v) is 6.39. The largest absolute Gasteiger partial charge is 0.427 e. The van der Waals surface area contributed by atoms with Gasteiger partial charge in [-0.2, -0.15) is 0 Å². The third-order valence-corrected chi connectivity index (χ3v) is 3.13. The SMILES string of the molecule is C#CC(C)(C)OP(=O)(Cl)OC(C)(C)C#C. The van der Waals surface area contributed by atoms with Gasteiger partial charge < -0.3 is 0 Å². The van der Waals surface area contributed by atoms with Gasteiger partial charge in [-0.25, -0.2) is 4.57 Å². The monoisotopic (exact) mass is 248 g/mol. The molecule has 0 unspecified atom stereocenters. The van der Waals surface area contributed by atoms with Gasteiger partial charge in [0.05, 0.1) is 0 Å². The van der Waals surface area contributed by atoms with E-state index in [1.54, 1.807) is 27.7 Å². The van der Waals surface area contributed by atoms with E-state index in [9.17, 15) is 4.57 Å². The maximum Gasteiger partial charge on any atom is 0.427 e. The number of hydrogen-bond donors (Lipinski definition) is 0. The Morgan fingerprint density at radius 3 is 1.53 bits per heavy atom. The fraction of sp³-hybridized carbons (Fsp3) is 0.600. The molecule has 0 aliphatic heterocycles. The lowest BCUT2D eigenvalue weighted by Crippen LogP contribution is -2.24. The third kappa shape index (κ3) is 5.88. The molecule has 0 aromatic heterocycles. The first-order valence-electron chi connectivity index (χ1n) is 4.20. The Labute approximate surface area is 95.8 Å². The van der Waals surface area contributed by atoms with Crippen molar-refractivity contribution in [3.05, 3.63) is 0 Å². The average Bonchev–Trinajstić information content (AvgIpc) is 2.00. The molecule has 5 heteroatoms. The van der Waals surface area contributed by atoms with E-state index in [1.807, 2.05) is 0 Å². The minimum absolute atomic E-state index is 1.07. The molecule has 0 aromatic rings. The summed E-state index contributed by atoms with van der Waals surface area (Å²) in [4.78, 5) is 0. The lowest BCUT2D eigenvalue weighted by molar-refractivity contribution is 0.0939. The Hall–Kier alpha value is -0.440. The summed E-state index contributed by atoms with van der Waals surface area (Å²) >= 11 is 5.58. The predicted molar refractivity (Wildman–Crippen MR) is 61.5 cm³/mol. The smallest absolute Gasteiger partial charge is 0.278 e. The normalized spacial score (nSPS) is 13.0. The van der Waals surface area contributed by atoms with Crippen LogP contribution in [0, 0.1) is 24.7 Å². The molecule has 0 amide bonds. The van der Waals surface area contributed by atoms with E-state index in [1.165, 1.54) is 0 Å². The molecule has 0 bridgehead atoms. The van der Waals surface area contributed by atoms with Gasteiger partial charge in [0.2, 0.25) is 0 Å². The molecule has 0 heterocycles. The summed E-state index contributed by atoms with van der Waals surface area (Å²) in [5.74, 6) is 4.58. The number of hydrogen-bond acceptors (Lipinski definition) is 3. The molecule has 0 aliphatic carbocycles. The molecule has 84 valence electrons. The van der Waals surface area contributed by atoms with Gasteiger partial charge in [-0.05, 0) is 27.7 Å². The fourth-order valence-corrected chi connectivity index (χ4v) is 2.88. The van der Waals surface area contributed by atoms with Crippen molar-refractivity contribution in [1.82, 2.24) is 0 Å². The van der Waals surface area contributed by atoms with Gasteiger partial charge in [0.15, 0.2) is 0 Å². The zero-order valence-electron chi connectivity index (χ0n) is 9.20. The van der Waals surface area contributed by atoms with Crippen molar-refractivity contribution in [2.75, 3.05) is 0 Å². The van der Waals surface area contributed by atoms with Crippen LogP contribution in [0.2, 0.25) is 0 Å². The van der Waals surface area contributed by atoms with E-state index in [4.69, 9.17) is 33.1 Å². The zero-order valence-corrected chi connectivity index (χ0v) is 10.9. The first kappa shape index (κ1) is 14.6. The van der Waals surface area contributed by atoms with Crippen molar-refractivity contribution < 1.29 is 13.6 Å². The van der Waals surface area contributed by atoms with Crippen LogP contribution in [0.1, 0.15) is 27.7 Å². The van der Waals surface area contributed by atoms with Gasteiger partial charge in [-0.1, -0.05) is 11.8 Å². The minimum Gasteiger partial charge on any atom is -0.278 e. The van der Waals surface area contributed by atoms with Gasteiger partial charge >= 0.3 is 6.95 Å². The first-order chi connectivity index (χ1) is 6.54. The second kappa shape index (κ2) is 4.60. The Kier molecular flexibility index (Phi) is 4.47. The van der Waals surface area contributed by atoms with Gasteiger partial charge in [0.1, 0.15) is 11.2 Å². The summed E-state index contributed by atoms with van der Waals surface area (Å²) in [7, 11) is 0. The van der Waals surface area contributed by atoms with Crippen molar-refractivity contribution >= 4 is 18.2 Å². The summed E-state index contributed by atoms with van der Waals surface area (Å²) < 4.78 is 21.7. The summed E-state index contributed by atoms with van der Waals surface area (Å²) in [6, 6.07) is 0. The van der Waals surface area contributed by atoms with E-state index in [0.29, 0.717) is 0 Å². The zero-order chi connectivity index (χ0) is 12.3. The van der Waals surface area contributed by atoms with Gasteiger partial charge in [-0.15, -0.1) is 12.8 Å². The third-order valence-electron chi connectivity index (χ3n) is 1.37. The minimum atomic E-state index is -3.78. The highest BCUT2D eigenvalue weighted by molar-refractivity contribution is 7.81. The van der Waals surface area contributed by atoms with Crippen LogP contribution in [0.15, 0.2) is 0 Å². The van der Waals surface area contributed by atoms with Gasteiger partial charge in [0.25, 0.3) is 0 Å². The Bertz CT molecular complexity index is 328. The summed E-state index contributed by atoms with van der Waals surface area (Å²) in [6.45, 7) is 2.42. The average molecular weight is 249 g/mol. The first-order valence-corrected chi connectivity index (χ1v) is 6.65. The molecule has 0 saturated carbocycles. The summed E-state index contributed by atoms with van der Waals surface area (Å²) in [5.41, 5.74) is -2.14. The predicted octanol–water partition coefficient (Wildman–Crippen LogP) is 3.19. The summed E-state index contributed by atoms with van der Waals surface area (Å²) in [5, 5.41) is 0. The van der Waals surface area contributed by atoms with Crippen molar-refractivity contribution in [2.24, 2.45) is 0 Å². The lowest BCUT2D eigenvalue weighted by Gasteiger charge is -2.26. The van der Waals surface area contributed by atoms with Gasteiger partial charge in [-0.3, -0.25) is 9.05 Å². The highest BCUT2D eigenvalue weighted by Gasteiger charge is 2.35. The topological polar surface area (TPSA) is 35.5 Å². The van der Waals surface area contributed by atoms with E-state index < -0.39 is 18.2 Å². The van der Waals surface area contributed by atoms with Crippen molar-refractivity contribution in [3.8, 4) is 24.7 Å². The molecule has 0 saturated heterocycles. The highest BCUT2D eigenvalue weighted by atomic mass is 35.7. The number of terminal acetylenes is 2. The second-order valence-electron chi connectivity index (χ2n) is 3.92. The van der Waals surface area contributed by atoms with Crippen LogP contribution in [-0.2, 0) is 13.6 Å². The van der Waals surface area contributed by atoms with Crippen LogP contribution < -0.4 is 0 Å². The molecular formula is C10H14ClO3P. The van der Waals surface area contributed by atoms with E-state index in [-0.39, 0.29) is 0 Å². The van der Waals surface area contributed by atoms with Crippen LogP contribution in [0.4, 0.5) is 0 Å². The molecule has 15 heavy (non-hydrogen) atoms. The van der Waals surface area contributed by atoms with Crippen LogP contribution in [0.25, 0.3) is 0 Å². The standard InChI is InChI=1S/C10H14ClO3P/c1-7-9(3,4)13-15(11,12)14-10(5,6)8-2/h1-2H,3-6H3. The van der Waals surface area contributed by atoms with Crippen molar-refractivity contribution in [2.45, 2.75) is 38.9 Å². The van der Waals surface area contributed by atoms with Crippen LogP contribution in [0.3, 0.4) is 0 Å². The Morgan fingerprint density at radius 2 is 1.33 bits per heavy atom. The molecular weight excluding hydrogens is 235 g/mol. The molecule has 0 aliphatic rings. The Balaban J connectivity index is 4.70. The molecule has 0 aromatic carbocycles. The van der Waals surface area contributed by atoms with Crippen molar-refractivity contribution in [1.29, 1.82) is 0 Å². The van der Waals surface area contributed by atoms with E-state index >= 15 is 0 Å². The van der Waals surface area contributed by atoms with E-state index in [2.05, 4.69) is 11.8 Å². The molecule has 0 radical (unpaired) electrons. The van der Waals surface area contributed by atoms with Crippen LogP contribution >= 0.6 is 18.2 Å². The van der Waals surface area contributed by atoms with Gasteiger partial charge in [0, 0.05) is 11.2 Å². The van der Waals surface area contributed by atoms with Crippen molar-refractivity contribution in [3.63, 3.8) is 0 Å². The fourth-order valence-electron chi connectivity index (χ4n) is 0.617. The Morgan fingerprint density at radius 1 is 1.07 bits per heavy atom. The maximum atomic E-state index is 11.7. The molecule has 0 atom stereocenters. The number of halogens is 1. The van der Waals surface area contributed by atoms with E-state index in [0.717, 1.165) is 0 Å². The molecule has 0 spiro atoms. The highest BCUT2D eigenvalue weighted by Crippen LogP contribution is 2.58. The van der Waals surface area contributed by atoms with Crippen LogP contribution in [-0.4, -0.2) is 11.2 Å².